The second-order valence-electron chi connectivity index (χ2n) is 5.04. The first kappa shape index (κ1) is 14.6. The van der Waals surface area contributed by atoms with Crippen molar-refractivity contribution in [2.75, 3.05) is 16.4 Å². The van der Waals surface area contributed by atoms with Gasteiger partial charge >= 0.3 is 0 Å². The van der Waals surface area contributed by atoms with Gasteiger partial charge in [-0.3, -0.25) is 4.79 Å². The van der Waals surface area contributed by atoms with Crippen LogP contribution in [0.5, 0.6) is 0 Å². The minimum absolute atomic E-state index is 0.132. The third-order valence-electron chi connectivity index (χ3n) is 3.31. The van der Waals surface area contributed by atoms with E-state index in [1.165, 1.54) is 6.92 Å². The lowest BCUT2D eigenvalue weighted by molar-refractivity contribution is -0.114. The third kappa shape index (κ3) is 3.16. The maximum absolute atomic E-state index is 11.3. The lowest BCUT2D eigenvalue weighted by atomic mass is 10.2. The summed E-state index contributed by atoms with van der Waals surface area (Å²) in [6.07, 6.45) is 1.66. The average molecular weight is 307 g/mol. The lowest BCUT2D eigenvalue weighted by Crippen LogP contribution is -2.08. The van der Waals surface area contributed by atoms with Gasteiger partial charge in [-0.15, -0.1) is 0 Å². The maximum Gasteiger partial charge on any atom is 0.221 e. The van der Waals surface area contributed by atoms with Crippen molar-refractivity contribution in [1.82, 2.24) is 9.78 Å². The predicted molar refractivity (Wildman–Crippen MR) is 92.0 cm³/mol. The summed E-state index contributed by atoms with van der Waals surface area (Å²) in [5.74, 6) is 0.362. The summed E-state index contributed by atoms with van der Waals surface area (Å²) in [4.78, 5) is 11.3. The van der Waals surface area contributed by atoms with E-state index in [-0.39, 0.29) is 5.91 Å². The van der Waals surface area contributed by atoms with E-state index < -0.39 is 0 Å². The van der Waals surface area contributed by atoms with Crippen LogP contribution in [-0.4, -0.2) is 15.7 Å². The van der Waals surface area contributed by atoms with Gasteiger partial charge in [-0.1, -0.05) is 30.3 Å². The number of hydrogen-bond acceptors (Lipinski definition) is 4. The van der Waals surface area contributed by atoms with E-state index in [2.05, 4.69) is 15.7 Å². The number of amides is 1. The number of carbonyl (C=O) groups excluding carboxylic acids is 1. The number of carbonyl (C=O) groups is 1. The molecule has 116 valence electrons. The first-order valence-electron chi connectivity index (χ1n) is 7.17. The summed E-state index contributed by atoms with van der Waals surface area (Å²) in [5, 5.41) is 10.3. The Hall–Kier alpha value is -3.28. The van der Waals surface area contributed by atoms with E-state index >= 15 is 0 Å². The Kier molecular flexibility index (Phi) is 3.97. The van der Waals surface area contributed by atoms with Gasteiger partial charge in [0.05, 0.1) is 23.3 Å². The fourth-order valence-electron chi connectivity index (χ4n) is 2.27. The zero-order chi connectivity index (χ0) is 16.2. The number of nitrogens with one attached hydrogen (secondary N) is 2. The quantitative estimate of drug-likeness (QED) is 0.691. The van der Waals surface area contributed by atoms with Crippen molar-refractivity contribution in [2.24, 2.45) is 0 Å². The number of nitrogen functional groups attached to an aromatic ring is 1. The molecule has 0 atom stereocenters. The molecule has 3 rings (SSSR count). The fourth-order valence-corrected chi connectivity index (χ4v) is 2.27. The Morgan fingerprint density at radius 3 is 2.35 bits per heavy atom. The van der Waals surface area contributed by atoms with E-state index in [0.29, 0.717) is 17.2 Å². The highest BCUT2D eigenvalue weighted by molar-refractivity contribution is 5.93. The lowest BCUT2D eigenvalue weighted by Gasteiger charge is -2.12. The molecule has 3 aromatic rings. The molecular formula is C17H17N5O. The molecule has 1 amide bonds. The highest BCUT2D eigenvalue weighted by Crippen LogP contribution is 2.29. The number of benzene rings is 2. The smallest absolute Gasteiger partial charge is 0.221 e. The van der Waals surface area contributed by atoms with E-state index in [0.717, 1.165) is 11.4 Å². The molecule has 6 heteroatoms. The van der Waals surface area contributed by atoms with Gasteiger partial charge in [0.25, 0.3) is 0 Å². The van der Waals surface area contributed by atoms with Gasteiger partial charge < -0.3 is 16.4 Å². The molecule has 0 aliphatic heterocycles. The van der Waals surface area contributed by atoms with Crippen LogP contribution in [0.3, 0.4) is 0 Å². The molecule has 1 heterocycles. The Balaban J connectivity index is 1.90. The van der Waals surface area contributed by atoms with Gasteiger partial charge in [0.1, 0.15) is 5.69 Å². The number of para-hydroxylation sites is 3. The largest absolute Gasteiger partial charge is 0.382 e. The van der Waals surface area contributed by atoms with Crippen molar-refractivity contribution in [1.29, 1.82) is 0 Å². The molecule has 6 nitrogen and oxygen atoms in total. The summed E-state index contributed by atoms with van der Waals surface area (Å²) >= 11 is 0. The first-order chi connectivity index (χ1) is 11.1. The Morgan fingerprint density at radius 2 is 1.65 bits per heavy atom. The molecule has 0 unspecified atom stereocenters. The number of anilines is 4. The van der Waals surface area contributed by atoms with Crippen LogP contribution in [0.15, 0.2) is 60.8 Å². The Labute approximate surface area is 133 Å². The molecular weight excluding hydrogens is 290 g/mol. The Bertz CT molecular complexity index is 826. The van der Waals surface area contributed by atoms with Gasteiger partial charge in [0.2, 0.25) is 5.91 Å². The minimum atomic E-state index is -0.132. The van der Waals surface area contributed by atoms with Gasteiger partial charge in [-0.05, 0) is 24.3 Å². The van der Waals surface area contributed by atoms with Crippen molar-refractivity contribution in [2.45, 2.75) is 6.92 Å². The molecule has 4 N–H and O–H groups in total. The first-order valence-corrected chi connectivity index (χ1v) is 7.17. The molecule has 0 aliphatic carbocycles. The van der Waals surface area contributed by atoms with E-state index in [1.807, 2.05) is 54.6 Å². The number of hydrogen-bond donors (Lipinski definition) is 3. The number of nitrogens with two attached hydrogens (primary N) is 1. The SMILES string of the molecule is CC(=O)Nc1ccccc1Nc1cnn(-c2ccccc2)c1N. The number of aromatic nitrogens is 2. The molecule has 0 bridgehead atoms. The highest BCUT2D eigenvalue weighted by Gasteiger charge is 2.11. The zero-order valence-electron chi connectivity index (χ0n) is 12.7. The van der Waals surface area contributed by atoms with Crippen LogP contribution in [0.25, 0.3) is 5.69 Å². The van der Waals surface area contributed by atoms with Crippen molar-refractivity contribution in [3.05, 3.63) is 60.8 Å². The molecule has 0 aliphatic rings. The molecule has 0 saturated carbocycles. The number of nitrogens with zero attached hydrogens (tertiary/aromatic N) is 2. The third-order valence-corrected chi connectivity index (χ3v) is 3.31. The van der Waals surface area contributed by atoms with Crippen LogP contribution >= 0.6 is 0 Å². The van der Waals surface area contributed by atoms with Gasteiger partial charge in [0.15, 0.2) is 5.82 Å². The van der Waals surface area contributed by atoms with Crippen LogP contribution < -0.4 is 16.4 Å². The van der Waals surface area contributed by atoms with Crippen LogP contribution in [0.1, 0.15) is 6.92 Å². The molecule has 0 saturated heterocycles. The van der Waals surface area contributed by atoms with Crippen LogP contribution in [0.4, 0.5) is 22.9 Å². The number of rotatable bonds is 4. The molecule has 0 radical (unpaired) electrons. The Morgan fingerprint density at radius 1 is 1.00 bits per heavy atom. The van der Waals surface area contributed by atoms with Gasteiger partial charge in [-0.25, -0.2) is 4.68 Å². The predicted octanol–water partition coefficient (Wildman–Crippen LogP) is 3.16. The van der Waals surface area contributed by atoms with E-state index in [4.69, 9.17) is 5.73 Å². The van der Waals surface area contributed by atoms with Crippen molar-refractivity contribution in [3.8, 4) is 5.69 Å². The van der Waals surface area contributed by atoms with Gasteiger partial charge in [-0.2, -0.15) is 5.10 Å². The standard InChI is InChI=1S/C17H17N5O/c1-12(23)20-14-9-5-6-10-15(14)21-16-11-19-22(17(16)18)13-7-3-2-4-8-13/h2-11,21H,18H2,1H3,(H,20,23). The summed E-state index contributed by atoms with van der Waals surface area (Å²) in [6.45, 7) is 1.47. The molecule has 2 aromatic carbocycles. The monoisotopic (exact) mass is 307 g/mol. The molecule has 23 heavy (non-hydrogen) atoms. The summed E-state index contributed by atoms with van der Waals surface area (Å²) in [5.41, 5.74) is 9.18. The fraction of sp³-hybridized carbons (Fsp3) is 0.0588. The maximum atomic E-state index is 11.3. The summed E-state index contributed by atoms with van der Waals surface area (Å²) < 4.78 is 1.66. The normalized spacial score (nSPS) is 10.3. The van der Waals surface area contributed by atoms with Crippen LogP contribution in [-0.2, 0) is 4.79 Å². The molecule has 0 spiro atoms. The minimum Gasteiger partial charge on any atom is -0.382 e. The van der Waals surface area contributed by atoms with Crippen LogP contribution in [0, 0.1) is 0 Å². The van der Waals surface area contributed by atoms with Gasteiger partial charge in [0, 0.05) is 6.92 Å². The van der Waals surface area contributed by atoms with Crippen molar-refractivity contribution >= 4 is 28.8 Å². The molecule has 0 fully saturated rings. The van der Waals surface area contributed by atoms with E-state index in [9.17, 15) is 4.79 Å². The average Bonchev–Trinajstić information content (AvgIpc) is 2.91. The van der Waals surface area contributed by atoms with Crippen LogP contribution in [0.2, 0.25) is 0 Å². The van der Waals surface area contributed by atoms with Crippen molar-refractivity contribution < 1.29 is 4.79 Å². The highest BCUT2D eigenvalue weighted by atomic mass is 16.1. The van der Waals surface area contributed by atoms with Crippen molar-refractivity contribution in [3.63, 3.8) is 0 Å². The second kappa shape index (κ2) is 6.23. The molecule has 1 aromatic heterocycles. The summed E-state index contributed by atoms with van der Waals surface area (Å²) in [6, 6.07) is 17.1. The zero-order valence-corrected chi connectivity index (χ0v) is 12.7. The second-order valence-corrected chi connectivity index (χ2v) is 5.04. The summed E-state index contributed by atoms with van der Waals surface area (Å²) in [7, 11) is 0. The topological polar surface area (TPSA) is 85.0 Å². The van der Waals surface area contributed by atoms with E-state index in [1.54, 1.807) is 10.9 Å².